The zero-order valence-corrected chi connectivity index (χ0v) is 10.2. The van der Waals surface area contributed by atoms with Crippen LogP contribution in [0.15, 0.2) is 29.2 Å². The number of rotatable bonds is 4. The van der Waals surface area contributed by atoms with E-state index in [-0.39, 0.29) is 0 Å². The maximum Gasteiger partial charge on any atom is 0.150 e. The number of benzene rings is 1. The lowest BCUT2D eigenvalue weighted by molar-refractivity contribution is 0.0700. The van der Waals surface area contributed by atoms with E-state index in [1.807, 2.05) is 24.3 Å². The maximum absolute atomic E-state index is 10.6. The smallest absolute Gasteiger partial charge is 0.150 e. The van der Waals surface area contributed by atoms with Crippen LogP contribution in [0.25, 0.3) is 0 Å². The Hall–Kier alpha value is -0.800. The molecule has 0 amide bonds. The van der Waals surface area contributed by atoms with Crippen LogP contribution in [-0.2, 0) is 4.74 Å². The topological polar surface area (TPSA) is 26.3 Å². The van der Waals surface area contributed by atoms with Crippen LogP contribution < -0.4 is 0 Å². The number of hydrogen-bond donors (Lipinski definition) is 0. The fraction of sp³-hybridized carbons (Fsp3) is 0.462. The molecule has 2 nitrogen and oxygen atoms in total. The van der Waals surface area contributed by atoms with Crippen molar-refractivity contribution in [2.75, 3.05) is 5.75 Å². The van der Waals surface area contributed by atoms with Gasteiger partial charge < -0.3 is 4.74 Å². The molecule has 2 atom stereocenters. The van der Waals surface area contributed by atoms with Crippen molar-refractivity contribution in [3.63, 3.8) is 0 Å². The van der Waals surface area contributed by atoms with Gasteiger partial charge in [0.05, 0.1) is 12.2 Å². The third kappa shape index (κ3) is 3.09. The third-order valence-corrected chi connectivity index (χ3v) is 3.88. The van der Waals surface area contributed by atoms with Crippen LogP contribution in [0.4, 0.5) is 0 Å². The molecule has 2 unspecified atom stereocenters. The van der Waals surface area contributed by atoms with Crippen LogP contribution in [-0.4, -0.2) is 24.2 Å². The molecule has 0 spiro atoms. The fourth-order valence-corrected chi connectivity index (χ4v) is 2.89. The molecule has 0 bridgehead atoms. The summed E-state index contributed by atoms with van der Waals surface area (Å²) in [6.07, 6.45) is 3.99. The van der Waals surface area contributed by atoms with E-state index in [1.54, 1.807) is 11.8 Å². The van der Waals surface area contributed by atoms with Gasteiger partial charge in [-0.25, -0.2) is 0 Å². The van der Waals surface area contributed by atoms with Gasteiger partial charge in [0.1, 0.15) is 6.29 Å². The molecule has 86 valence electrons. The predicted octanol–water partition coefficient (Wildman–Crippen LogP) is 3.16. The average Bonchev–Trinajstić information content (AvgIpc) is 2.73. The number of hydrogen-bond acceptors (Lipinski definition) is 3. The fourth-order valence-electron chi connectivity index (χ4n) is 1.87. The highest BCUT2D eigenvalue weighted by Crippen LogP contribution is 2.26. The summed E-state index contributed by atoms with van der Waals surface area (Å²) >= 11 is 1.77. The number of carbonyl (C=O) groups is 1. The van der Waals surface area contributed by atoms with E-state index < -0.39 is 0 Å². The van der Waals surface area contributed by atoms with Crippen molar-refractivity contribution in [3.8, 4) is 0 Å². The number of ether oxygens (including phenoxy) is 1. The first kappa shape index (κ1) is 11.7. The lowest BCUT2D eigenvalue weighted by atomic mass is 10.2. The minimum absolute atomic E-state index is 0.375. The molecule has 0 aliphatic carbocycles. The molecule has 1 heterocycles. The Morgan fingerprint density at radius 1 is 1.50 bits per heavy atom. The Kier molecular flexibility index (Phi) is 4.02. The van der Waals surface area contributed by atoms with Crippen LogP contribution in [0.1, 0.15) is 30.1 Å². The molecule has 1 saturated heterocycles. The van der Waals surface area contributed by atoms with Gasteiger partial charge >= 0.3 is 0 Å². The summed E-state index contributed by atoms with van der Waals surface area (Å²) in [5.41, 5.74) is 0.741. The van der Waals surface area contributed by atoms with E-state index in [2.05, 4.69) is 6.92 Å². The van der Waals surface area contributed by atoms with Crippen molar-refractivity contribution >= 4 is 18.0 Å². The second kappa shape index (κ2) is 5.51. The van der Waals surface area contributed by atoms with Gasteiger partial charge in [-0.15, -0.1) is 11.8 Å². The summed E-state index contributed by atoms with van der Waals surface area (Å²) in [4.78, 5) is 11.8. The van der Waals surface area contributed by atoms with Gasteiger partial charge in [0.25, 0.3) is 0 Å². The lowest BCUT2D eigenvalue weighted by Gasteiger charge is -2.10. The van der Waals surface area contributed by atoms with Crippen molar-refractivity contribution < 1.29 is 9.53 Å². The first-order valence-electron chi connectivity index (χ1n) is 5.61. The van der Waals surface area contributed by atoms with Crippen LogP contribution in [0.2, 0.25) is 0 Å². The second-order valence-corrected chi connectivity index (χ2v) is 5.24. The summed E-state index contributed by atoms with van der Waals surface area (Å²) in [7, 11) is 0. The van der Waals surface area contributed by atoms with Crippen LogP contribution in [0.3, 0.4) is 0 Å². The molecule has 0 N–H and O–H groups in total. The molecule has 0 aromatic heterocycles. The molecule has 1 aliphatic heterocycles. The van der Waals surface area contributed by atoms with Gasteiger partial charge in [-0.05, 0) is 31.9 Å². The van der Waals surface area contributed by atoms with Gasteiger partial charge in [-0.2, -0.15) is 0 Å². The Morgan fingerprint density at radius 3 is 3.06 bits per heavy atom. The highest BCUT2D eigenvalue weighted by molar-refractivity contribution is 7.99. The number of carbonyl (C=O) groups excluding carboxylic acids is 1. The first-order valence-corrected chi connectivity index (χ1v) is 6.60. The van der Waals surface area contributed by atoms with E-state index in [9.17, 15) is 4.79 Å². The van der Waals surface area contributed by atoms with E-state index in [1.165, 1.54) is 6.42 Å². The predicted molar refractivity (Wildman–Crippen MR) is 66.1 cm³/mol. The molecule has 1 aliphatic rings. The molecule has 0 radical (unpaired) electrons. The summed E-state index contributed by atoms with van der Waals surface area (Å²) < 4.78 is 5.75. The lowest BCUT2D eigenvalue weighted by Crippen LogP contribution is -2.10. The van der Waals surface area contributed by atoms with Crippen molar-refractivity contribution in [2.45, 2.75) is 36.9 Å². The van der Waals surface area contributed by atoms with Crippen molar-refractivity contribution in [1.82, 2.24) is 0 Å². The summed E-state index contributed by atoms with van der Waals surface area (Å²) in [6.45, 7) is 2.12. The summed E-state index contributed by atoms with van der Waals surface area (Å²) in [5.74, 6) is 0.979. The minimum Gasteiger partial charge on any atom is -0.374 e. The minimum atomic E-state index is 0.375. The molecular formula is C13H16O2S. The van der Waals surface area contributed by atoms with Gasteiger partial charge in [0.15, 0.2) is 0 Å². The zero-order valence-electron chi connectivity index (χ0n) is 9.39. The standard InChI is InChI=1S/C13H16O2S/c1-10-5-6-12(15-10)9-16-13-4-2-3-11(7-13)8-14/h2-4,7-8,10,12H,5-6,9H2,1H3. The van der Waals surface area contributed by atoms with Crippen LogP contribution >= 0.6 is 11.8 Å². The number of aldehydes is 1. The van der Waals surface area contributed by atoms with Crippen LogP contribution in [0, 0.1) is 0 Å². The summed E-state index contributed by atoms with van der Waals surface area (Å²) in [6, 6.07) is 7.71. The largest absolute Gasteiger partial charge is 0.374 e. The van der Waals surface area contributed by atoms with Crippen LogP contribution in [0.5, 0.6) is 0 Å². The Bertz CT molecular complexity index is 365. The molecule has 16 heavy (non-hydrogen) atoms. The van der Waals surface area contributed by atoms with Crippen molar-refractivity contribution in [1.29, 1.82) is 0 Å². The molecule has 3 heteroatoms. The summed E-state index contributed by atoms with van der Waals surface area (Å²) in [5, 5.41) is 0. The highest BCUT2D eigenvalue weighted by atomic mass is 32.2. The monoisotopic (exact) mass is 236 g/mol. The van der Waals surface area contributed by atoms with Crippen molar-refractivity contribution in [3.05, 3.63) is 29.8 Å². The van der Waals surface area contributed by atoms with E-state index >= 15 is 0 Å². The molecular weight excluding hydrogens is 220 g/mol. The number of thioether (sulfide) groups is 1. The Morgan fingerprint density at radius 2 is 2.38 bits per heavy atom. The quantitative estimate of drug-likeness (QED) is 0.593. The molecule has 2 rings (SSSR count). The first-order chi connectivity index (χ1) is 7.78. The third-order valence-electron chi connectivity index (χ3n) is 2.75. The van der Waals surface area contributed by atoms with E-state index in [0.29, 0.717) is 12.2 Å². The van der Waals surface area contributed by atoms with Gasteiger partial charge in [0, 0.05) is 16.2 Å². The average molecular weight is 236 g/mol. The molecule has 1 aromatic rings. The van der Waals surface area contributed by atoms with Gasteiger partial charge in [-0.3, -0.25) is 4.79 Å². The highest BCUT2D eigenvalue weighted by Gasteiger charge is 2.21. The zero-order chi connectivity index (χ0) is 11.4. The van der Waals surface area contributed by atoms with Gasteiger partial charge in [-0.1, -0.05) is 12.1 Å². The second-order valence-electron chi connectivity index (χ2n) is 4.15. The normalized spacial score (nSPS) is 24.6. The molecule has 0 saturated carbocycles. The molecule has 1 fully saturated rings. The van der Waals surface area contributed by atoms with Crippen molar-refractivity contribution in [2.24, 2.45) is 0 Å². The van der Waals surface area contributed by atoms with Gasteiger partial charge in [0.2, 0.25) is 0 Å². The Labute approximate surface area is 100 Å². The Balaban J connectivity index is 1.87. The van der Waals surface area contributed by atoms with E-state index in [4.69, 9.17) is 4.74 Å². The SMILES string of the molecule is CC1CCC(CSc2cccc(C=O)c2)O1. The van der Waals surface area contributed by atoms with E-state index in [0.717, 1.165) is 28.9 Å². The maximum atomic E-state index is 10.6. The molecule has 1 aromatic carbocycles.